The average molecular weight is 444 g/mol. The van der Waals surface area contributed by atoms with E-state index < -0.39 is 17.5 Å². The Hall–Kier alpha value is -3.16. The van der Waals surface area contributed by atoms with Crippen molar-refractivity contribution in [1.82, 2.24) is 4.57 Å². The van der Waals surface area contributed by atoms with Gasteiger partial charge in [0, 0.05) is 30.5 Å². The van der Waals surface area contributed by atoms with Crippen LogP contribution in [0.3, 0.4) is 0 Å². The van der Waals surface area contributed by atoms with Crippen LogP contribution in [-0.4, -0.2) is 16.8 Å². The Morgan fingerprint density at radius 2 is 1.81 bits per heavy atom. The predicted octanol–water partition coefficient (Wildman–Crippen LogP) is 5.70. The Bertz CT molecular complexity index is 1310. The van der Waals surface area contributed by atoms with Crippen molar-refractivity contribution >= 4 is 22.5 Å². The Labute approximate surface area is 183 Å². The molecular formula is C24H23F3N2O3. The highest BCUT2D eigenvalue weighted by Crippen LogP contribution is 2.52. The maximum absolute atomic E-state index is 14.9. The third-order valence-corrected chi connectivity index (χ3v) is 7.03. The first-order chi connectivity index (χ1) is 15.1. The van der Waals surface area contributed by atoms with E-state index in [-0.39, 0.29) is 29.9 Å². The quantitative estimate of drug-likeness (QED) is 0.564. The van der Waals surface area contributed by atoms with Gasteiger partial charge in [-0.25, -0.2) is 4.39 Å². The summed E-state index contributed by atoms with van der Waals surface area (Å²) in [5.41, 5.74) is 1.75. The molecule has 5 nitrogen and oxygen atoms in total. The molecule has 8 heteroatoms. The molecule has 2 aromatic carbocycles. The number of aryl methyl sites for hydroxylation is 1. The first-order valence-corrected chi connectivity index (χ1v) is 10.6. The van der Waals surface area contributed by atoms with Crippen LogP contribution in [0.1, 0.15) is 45.8 Å². The smallest absolute Gasteiger partial charge is 0.395 e. The summed E-state index contributed by atoms with van der Waals surface area (Å²) in [6.45, 7) is 5.17. The lowest BCUT2D eigenvalue weighted by Gasteiger charge is -2.17. The van der Waals surface area contributed by atoms with Crippen LogP contribution in [-0.2, 0) is 22.2 Å². The van der Waals surface area contributed by atoms with Crippen LogP contribution in [0.2, 0.25) is 0 Å². The van der Waals surface area contributed by atoms with E-state index >= 15 is 0 Å². The number of ether oxygens (including phenoxy) is 2. The average Bonchev–Trinajstić information content (AvgIpc) is 3.26. The first-order valence-electron chi connectivity index (χ1n) is 10.6. The van der Waals surface area contributed by atoms with Crippen molar-refractivity contribution in [2.75, 3.05) is 5.32 Å². The molecular weight excluding hydrogens is 421 g/mol. The highest BCUT2D eigenvalue weighted by atomic mass is 19.3. The molecule has 3 heterocycles. The number of fused-ring (bicyclic) bond motifs is 4. The Morgan fingerprint density at radius 3 is 2.56 bits per heavy atom. The minimum atomic E-state index is -3.72. The van der Waals surface area contributed by atoms with Gasteiger partial charge in [0.1, 0.15) is 5.82 Å². The van der Waals surface area contributed by atoms with Gasteiger partial charge in [-0.3, -0.25) is 4.79 Å². The highest BCUT2D eigenvalue weighted by molar-refractivity contribution is 6.03. The fourth-order valence-corrected chi connectivity index (χ4v) is 4.96. The molecule has 1 amide bonds. The zero-order valence-electron chi connectivity index (χ0n) is 17.6. The third-order valence-electron chi connectivity index (χ3n) is 7.03. The van der Waals surface area contributed by atoms with Crippen LogP contribution in [0, 0.1) is 5.82 Å². The zero-order valence-corrected chi connectivity index (χ0v) is 17.6. The molecule has 1 fully saturated rings. The van der Waals surface area contributed by atoms with Gasteiger partial charge in [-0.05, 0) is 49.1 Å². The molecule has 0 unspecified atom stereocenters. The monoisotopic (exact) mass is 444 g/mol. The molecule has 0 atom stereocenters. The summed E-state index contributed by atoms with van der Waals surface area (Å²) in [6.07, 6.45) is -1.64. The van der Waals surface area contributed by atoms with E-state index in [0.717, 1.165) is 29.6 Å². The van der Waals surface area contributed by atoms with Gasteiger partial charge in [0.25, 0.3) is 0 Å². The van der Waals surface area contributed by atoms with Crippen molar-refractivity contribution in [3.63, 3.8) is 0 Å². The lowest BCUT2D eigenvalue weighted by Crippen LogP contribution is -2.28. The van der Waals surface area contributed by atoms with Crippen LogP contribution in [0.5, 0.6) is 11.5 Å². The number of hydrogen-bond acceptors (Lipinski definition) is 3. The van der Waals surface area contributed by atoms with Gasteiger partial charge in [-0.15, -0.1) is 8.78 Å². The van der Waals surface area contributed by atoms with E-state index in [4.69, 9.17) is 0 Å². The molecule has 0 radical (unpaired) electrons. The summed E-state index contributed by atoms with van der Waals surface area (Å²) in [4.78, 5) is 13.2. The second-order valence-corrected chi connectivity index (χ2v) is 9.57. The molecule has 1 N–H and O–H groups in total. The number of nitrogens with zero attached hydrogens (tertiary/aromatic N) is 1. The largest absolute Gasteiger partial charge is 0.586 e. The number of halogens is 3. The van der Waals surface area contributed by atoms with E-state index in [0.29, 0.717) is 18.4 Å². The number of carbonyl (C=O) groups is 1. The van der Waals surface area contributed by atoms with Crippen molar-refractivity contribution in [1.29, 1.82) is 0 Å². The van der Waals surface area contributed by atoms with E-state index in [1.807, 2.05) is 0 Å². The summed E-state index contributed by atoms with van der Waals surface area (Å²) in [5.74, 6) is -1.05. The molecule has 3 aliphatic rings. The molecule has 0 saturated heterocycles. The standard InChI is InChI=1S/C24H21F3N2O3.H2/c1-22(2)7-8-29-17-12-15(25)16(9-13(17)10-20(22)29)28-21(30)23(5-6-23)14-3-4-18-19(11-14)32-24(26,27)31-18;/h3-4,9-12H,5-8H2,1-2H3,(H,28,30);1H. The van der Waals surface area contributed by atoms with E-state index in [1.165, 1.54) is 18.2 Å². The number of carbonyl (C=O) groups excluding carboxylic acids is 1. The van der Waals surface area contributed by atoms with E-state index in [9.17, 15) is 18.0 Å². The molecule has 168 valence electrons. The Balaban J connectivity index is 0.00000228. The lowest BCUT2D eigenvalue weighted by atomic mass is 9.88. The van der Waals surface area contributed by atoms with Crippen LogP contribution < -0.4 is 14.8 Å². The number of anilines is 1. The molecule has 2 aliphatic heterocycles. The SMILES string of the molecule is CC1(C)CCn2c1cc1cc(NC(=O)C3(c4ccc5c(c4)OC(F)(F)O5)CC3)c(F)cc12.[HH]. The summed E-state index contributed by atoms with van der Waals surface area (Å²) in [7, 11) is 0. The number of rotatable bonds is 3. The second-order valence-electron chi connectivity index (χ2n) is 9.57. The number of amides is 1. The number of nitrogens with one attached hydrogen (secondary N) is 1. The van der Waals surface area contributed by atoms with E-state index in [1.54, 1.807) is 12.1 Å². The fourth-order valence-electron chi connectivity index (χ4n) is 4.96. The number of aromatic nitrogens is 1. The van der Waals surface area contributed by atoms with Crippen molar-refractivity contribution in [2.24, 2.45) is 0 Å². The van der Waals surface area contributed by atoms with Crippen LogP contribution in [0.15, 0.2) is 36.4 Å². The van der Waals surface area contributed by atoms with Crippen molar-refractivity contribution in [3.8, 4) is 11.5 Å². The number of benzene rings is 2. The molecule has 3 aromatic rings. The second kappa shape index (κ2) is 5.99. The van der Waals surface area contributed by atoms with Gasteiger partial charge in [-0.1, -0.05) is 19.9 Å². The third kappa shape index (κ3) is 2.74. The minimum Gasteiger partial charge on any atom is -0.395 e. The van der Waals surface area contributed by atoms with Crippen molar-refractivity contribution < 1.29 is 28.9 Å². The van der Waals surface area contributed by atoms with Crippen molar-refractivity contribution in [2.45, 2.75) is 56.8 Å². The van der Waals surface area contributed by atoms with Gasteiger partial charge in [0.05, 0.1) is 16.6 Å². The van der Waals surface area contributed by atoms with Gasteiger partial charge in [0.2, 0.25) is 5.91 Å². The van der Waals surface area contributed by atoms with E-state index in [2.05, 4.69) is 39.3 Å². The highest BCUT2D eigenvalue weighted by Gasteiger charge is 2.53. The molecule has 6 rings (SSSR count). The van der Waals surface area contributed by atoms with Gasteiger partial charge < -0.3 is 19.4 Å². The van der Waals surface area contributed by atoms with Crippen LogP contribution >= 0.6 is 0 Å². The molecule has 0 spiro atoms. The summed E-state index contributed by atoms with van der Waals surface area (Å²) in [6, 6.07) is 9.55. The summed E-state index contributed by atoms with van der Waals surface area (Å²) < 4.78 is 52.7. The van der Waals surface area contributed by atoms with Gasteiger partial charge >= 0.3 is 6.29 Å². The molecule has 1 aromatic heterocycles. The topological polar surface area (TPSA) is 52.5 Å². The minimum absolute atomic E-state index is 0. The van der Waals surface area contributed by atoms with Crippen LogP contribution in [0.25, 0.3) is 10.9 Å². The molecule has 1 saturated carbocycles. The van der Waals surface area contributed by atoms with Crippen LogP contribution in [0.4, 0.5) is 18.9 Å². The molecule has 0 bridgehead atoms. The van der Waals surface area contributed by atoms with Gasteiger partial charge in [0.15, 0.2) is 11.5 Å². The number of hydrogen-bond donors (Lipinski definition) is 1. The molecule has 1 aliphatic carbocycles. The zero-order chi connectivity index (χ0) is 22.5. The van der Waals surface area contributed by atoms with Gasteiger partial charge in [-0.2, -0.15) is 0 Å². The maximum Gasteiger partial charge on any atom is 0.586 e. The Kier molecular flexibility index (Phi) is 3.66. The van der Waals surface area contributed by atoms with Crippen molar-refractivity contribution in [3.05, 3.63) is 53.5 Å². The summed E-state index contributed by atoms with van der Waals surface area (Å²) in [5, 5.41) is 3.60. The molecule has 32 heavy (non-hydrogen) atoms. The summed E-state index contributed by atoms with van der Waals surface area (Å²) >= 11 is 0. The lowest BCUT2D eigenvalue weighted by molar-refractivity contribution is -0.286. The number of alkyl halides is 2. The fraction of sp³-hybridized carbons (Fsp3) is 0.375. The Morgan fingerprint density at radius 1 is 1.06 bits per heavy atom. The maximum atomic E-state index is 14.9. The predicted molar refractivity (Wildman–Crippen MR) is 114 cm³/mol. The normalized spacial score (nSPS) is 20.9. The first kappa shape index (κ1) is 19.5.